The molecule has 5 nitrogen and oxygen atoms in total. The van der Waals surface area contributed by atoms with Crippen LogP contribution < -0.4 is 10.6 Å². The van der Waals surface area contributed by atoms with Crippen LogP contribution in [0.5, 0.6) is 0 Å². The van der Waals surface area contributed by atoms with Gasteiger partial charge in [-0.25, -0.2) is 4.98 Å². The summed E-state index contributed by atoms with van der Waals surface area (Å²) in [4.78, 5) is 6.43. The quantitative estimate of drug-likeness (QED) is 0.843. The summed E-state index contributed by atoms with van der Waals surface area (Å²) in [6, 6.07) is 3.70. The van der Waals surface area contributed by atoms with Crippen molar-refractivity contribution in [3.63, 3.8) is 0 Å². The van der Waals surface area contributed by atoms with Gasteiger partial charge in [-0.3, -0.25) is 0 Å². The standard InChI is InChI=1S/C12H19N3O2/c1-3-17-11-8-15(7-10(11)16-2)12-9(13)5-4-6-14-12/h4-6,10-11H,3,7-8,13H2,1-2H3/t10-,11+/m1/s1. The van der Waals surface area contributed by atoms with Crippen molar-refractivity contribution in [1.29, 1.82) is 0 Å². The van der Waals surface area contributed by atoms with Gasteiger partial charge in [0.25, 0.3) is 0 Å². The van der Waals surface area contributed by atoms with E-state index in [1.165, 1.54) is 0 Å². The molecular formula is C12H19N3O2. The Morgan fingerprint density at radius 3 is 2.88 bits per heavy atom. The molecule has 2 heterocycles. The first-order chi connectivity index (χ1) is 8.26. The molecule has 0 saturated carbocycles. The molecule has 0 unspecified atom stereocenters. The Balaban J connectivity index is 2.12. The highest BCUT2D eigenvalue weighted by molar-refractivity contribution is 5.62. The van der Waals surface area contributed by atoms with Crippen molar-refractivity contribution in [2.24, 2.45) is 0 Å². The van der Waals surface area contributed by atoms with Crippen LogP contribution in [-0.2, 0) is 9.47 Å². The number of anilines is 2. The van der Waals surface area contributed by atoms with E-state index in [0.29, 0.717) is 12.3 Å². The zero-order valence-electron chi connectivity index (χ0n) is 10.3. The average molecular weight is 237 g/mol. The van der Waals surface area contributed by atoms with Gasteiger partial charge in [0.15, 0.2) is 5.82 Å². The number of nitrogens with zero attached hydrogens (tertiary/aromatic N) is 2. The molecule has 1 aliphatic heterocycles. The van der Waals surface area contributed by atoms with E-state index in [-0.39, 0.29) is 12.2 Å². The summed E-state index contributed by atoms with van der Waals surface area (Å²) in [6.07, 6.45) is 1.92. The Hall–Kier alpha value is -1.33. The molecule has 0 amide bonds. The van der Waals surface area contributed by atoms with Crippen LogP contribution in [0.3, 0.4) is 0 Å². The fraction of sp³-hybridized carbons (Fsp3) is 0.583. The number of hydrogen-bond donors (Lipinski definition) is 1. The molecule has 1 aromatic heterocycles. The molecule has 1 aromatic rings. The van der Waals surface area contributed by atoms with Gasteiger partial charge < -0.3 is 20.1 Å². The molecule has 2 rings (SSSR count). The predicted molar refractivity (Wildman–Crippen MR) is 67.1 cm³/mol. The third-order valence-electron chi connectivity index (χ3n) is 3.02. The van der Waals surface area contributed by atoms with Gasteiger partial charge in [0, 0.05) is 33.0 Å². The lowest BCUT2D eigenvalue weighted by molar-refractivity contribution is -0.0232. The molecule has 94 valence electrons. The van der Waals surface area contributed by atoms with Crippen molar-refractivity contribution in [2.45, 2.75) is 19.1 Å². The van der Waals surface area contributed by atoms with E-state index in [2.05, 4.69) is 9.88 Å². The van der Waals surface area contributed by atoms with Gasteiger partial charge in [0.05, 0.1) is 5.69 Å². The highest BCUT2D eigenvalue weighted by Crippen LogP contribution is 2.26. The minimum atomic E-state index is 0.0800. The van der Waals surface area contributed by atoms with Gasteiger partial charge in [0.2, 0.25) is 0 Å². The minimum absolute atomic E-state index is 0.0800. The molecule has 0 aliphatic carbocycles. The molecule has 2 N–H and O–H groups in total. The lowest BCUT2D eigenvalue weighted by Crippen LogP contribution is -2.28. The second kappa shape index (κ2) is 5.33. The normalized spacial score (nSPS) is 24.2. The van der Waals surface area contributed by atoms with Crippen LogP contribution in [0.25, 0.3) is 0 Å². The summed E-state index contributed by atoms with van der Waals surface area (Å²) in [5, 5.41) is 0. The first-order valence-electron chi connectivity index (χ1n) is 5.86. The SMILES string of the molecule is CCO[C@H]1CN(c2ncccc2N)C[C@H]1OC. The third kappa shape index (κ3) is 2.50. The maximum absolute atomic E-state index is 5.92. The van der Waals surface area contributed by atoms with Crippen LogP contribution in [0.1, 0.15) is 6.92 Å². The Kier molecular flexibility index (Phi) is 3.81. The Morgan fingerprint density at radius 1 is 1.47 bits per heavy atom. The zero-order valence-corrected chi connectivity index (χ0v) is 10.3. The number of rotatable bonds is 4. The monoisotopic (exact) mass is 237 g/mol. The van der Waals surface area contributed by atoms with Crippen molar-refractivity contribution in [3.8, 4) is 0 Å². The summed E-state index contributed by atoms with van der Waals surface area (Å²) < 4.78 is 11.1. The van der Waals surface area contributed by atoms with Crippen molar-refractivity contribution in [3.05, 3.63) is 18.3 Å². The largest absolute Gasteiger partial charge is 0.396 e. The van der Waals surface area contributed by atoms with E-state index in [1.807, 2.05) is 19.1 Å². The molecule has 0 spiro atoms. The molecule has 0 aromatic carbocycles. The van der Waals surface area contributed by atoms with Gasteiger partial charge in [-0.15, -0.1) is 0 Å². The summed E-state index contributed by atoms with van der Waals surface area (Å²) >= 11 is 0. The van der Waals surface area contributed by atoms with Crippen LogP contribution in [0, 0.1) is 0 Å². The number of pyridine rings is 1. The van der Waals surface area contributed by atoms with Crippen LogP contribution in [0.15, 0.2) is 18.3 Å². The first kappa shape index (κ1) is 12.1. The van der Waals surface area contributed by atoms with E-state index < -0.39 is 0 Å². The van der Waals surface area contributed by atoms with Gasteiger partial charge >= 0.3 is 0 Å². The fourth-order valence-electron chi connectivity index (χ4n) is 2.19. The summed E-state index contributed by atoms with van der Waals surface area (Å²) in [5.74, 6) is 0.816. The van der Waals surface area contributed by atoms with Crippen LogP contribution in [-0.4, -0.2) is 44.0 Å². The number of methoxy groups -OCH3 is 1. The average Bonchev–Trinajstić information content (AvgIpc) is 2.73. The van der Waals surface area contributed by atoms with Crippen molar-refractivity contribution in [1.82, 2.24) is 4.98 Å². The van der Waals surface area contributed by atoms with Gasteiger partial charge in [0.1, 0.15) is 12.2 Å². The van der Waals surface area contributed by atoms with Crippen molar-refractivity contribution >= 4 is 11.5 Å². The molecule has 1 fully saturated rings. The topological polar surface area (TPSA) is 60.6 Å². The number of nitrogen functional groups attached to an aromatic ring is 1. The van der Waals surface area contributed by atoms with Crippen molar-refractivity contribution in [2.75, 3.05) is 37.4 Å². The summed E-state index contributed by atoms with van der Waals surface area (Å²) in [7, 11) is 1.71. The lowest BCUT2D eigenvalue weighted by Gasteiger charge is -2.18. The molecule has 0 bridgehead atoms. The Bertz CT molecular complexity index is 373. The highest BCUT2D eigenvalue weighted by Gasteiger charge is 2.34. The molecule has 2 atom stereocenters. The molecule has 1 aliphatic rings. The van der Waals surface area contributed by atoms with Gasteiger partial charge in [-0.2, -0.15) is 0 Å². The number of ether oxygens (including phenoxy) is 2. The maximum atomic E-state index is 5.92. The van der Waals surface area contributed by atoms with E-state index in [9.17, 15) is 0 Å². The molecule has 0 radical (unpaired) electrons. The summed E-state index contributed by atoms with van der Waals surface area (Å²) in [5.41, 5.74) is 6.61. The molecule has 5 heteroatoms. The number of hydrogen-bond acceptors (Lipinski definition) is 5. The highest BCUT2D eigenvalue weighted by atomic mass is 16.5. The Morgan fingerprint density at radius 2 is 2.24 bits per heavy atom. The van der Waals surface area contributed by atoms with Crippen LogP contribution in [0.4, 0.5) is 11.5 Å². The van der Waals surface area contributed by atoms with Crippen LogP contribution >= 0.6 is 0 Å². The third-order valence-corrected chi connectivity index (χ3v) is 3.02. The van der Waals surface area contributed by atoms with Crippen LogP contribution in [0.2, 0.25) is 0 Å². The summed E-state index contributed by atoms with van der Waals surface area (Å²) in [6.45, 7) is 4.22. The maximum Gasteiger partial charge on any atom is 0.151 e. The van der Waals surface area contributed by atoms with Crippen molar-refractivity contribution < 1.29 is 9.47 Å². The minimum Gasteiger partial charge on any atom is -0.396 e. The Labute approximate surface area is 102 Å². The number of aromatic nitrogens is 1. The smallest absolute Gasteiger partial charge is 0.151 e. The molecule has 17 heavy (non-hydrogen) atoms. The molecule has 1 saturated heterocycles. The second-order valence-corrected chi connectivity index (χ2v) is 4.09. The van der Waals surface area contributed by atoms with Gasteiger partial charge in [-0.1, -0.05) is 0 Å². The molecular weight excluding hydrogens is 218 g/mol. The van der Waals surface area contributed by atoms with E-state index in [0.717, 1.165) is 18.9 Å². The predicted octanol–water partition coefficient (Wildman–Crippen LogP) is 0.904. The van der Waals surface area contributed by atoms with E-state index >= 15 is 0 Å². The first-order valence-corrected chi connectivity index (χ1v) is 5.86. The lowest BCUT2D eigenvalue weighted by atomic mass is 10.2. The fourth-order valence-corrected chi connectivity index (χ4v) is 2.19. The zero-order chi connectivity index (χ0) is 12.3. The van der Waals surface area contributed by atoms with E-state index in [4.69, 9.17) is 15.2 Å². The number of nitrogens with two attached hydrogens (primary N) is 1. The van der Waals surface area contributed by atoms with Gasteiger partial charge in [-0.05, 0) is 19.1 Å². The second-order valence-electron chi connectivity index (χ2n) is 4.09. The van der Waals surface area contributed by atoms with E-state index in [1.54, 1.807) is 13.3 Å².